The van der Waals surface area contributed by atoms with E-state index in [0.29, 0.717) is 11.7 Å². The van der Waals surface area contributed by atoms with Gasteiger partial charge in [-0.2, -0.15) is 0 Å². The van der Waals surface area contributed by atoms with Crippen LogP contribution >= 0.6 is 0 Å². The second kappa shape index (κ2) is 5.39. The van der Waals surface area contributed by atoms with Crippen molar-refractivity contribution < 1.29 is 23.6 Å². The summed E-state index contributed by atoms with van der Waals surface area (Å²) in [5, 5.41) is 10.3. The molecule has 1 saturated heterocycles. The summed E-state index contributed by atoms with van der Waals surface area (Å²) < 4.78 is 24.0. The van der Waals surface area contributed by atoms with Gasteiger partial charge in [-0.1, -0.05) is 26.0 Å². The first-order valence-electron chi connectivity index (χ1n) is 8.79. The Balaban J connectivity index is 1.60. The summed E-state index contributed by atoms with van der Waals surface area (Å²) in [6.45, 7) is 4.40. The maximum atomic E-state index is 13.3. The molecule has 24 heavy (non-hydrogen) atoms. The minimum atomic E-state index is -1.25. The van der Waals surface area contributed by atoms with Crippen molar-refractivity contribution in [3.8, 4) is 0 Å². The highest BCUT2D eigenvalue weighted by molar-refractivity contribution is 7.85. The first-order chi connectivity index (χ1) is 11.3. The van der Waals surface area contributed by atoms with Crippen LogP contribution in [0.3, 0.4) is 0 Å². The molecule has 2 aliphatic heterocycles. The van der Waals surface area contributed by atoms with E-state index in [1.54, 1.807) is 0 Å². The van der Waals surface area contributed by atoms with Crippen LogP contribution in [0.1, 0.15) is 33.1 Å². The topological polar surface area (TPSA) is 72.8 Å². The number of esters is 1. The molecule has 6 heteroatoms. The fraction of sp³-hybridized carbons (Fsp3) is 0.833. The number of rotatable bonds is 4. The van der Waals surface area contributed by atoms with Crippen LogP contribution in [0.5, 0.6) is 0 Å². The van der Waals surface area contributed by atoms with E-state index >= 15 is 0 Å². The summed E-state index contributed by atoms with van der Waals surface area (Å²) >= 11 is 0. The molecule has 8 atom stereocenters. The molecular formula is C18H26O5S. The molecule has 2 aliphatic carbocycles. The van der Waals surface area contributed by atoms with Crippen LogP contribution < -0.4 is 0 Å². The maximum absolute atomic E-state index is 13.3. The van der Waals surface area contributed by atoms with Gasteiger partial charge < -0.3 is 14.6 Å². The molecule has 4 rings (SSSR count). The lowest BCUT2D eigenvalue weighted by Gasteiger charge is -2.41. The fourth-order valence-electron chi connectivity index (χ4n) is 5.72. The van der Waals surface area contributed by atoms with Crippen molar-refractivity contribution in [3.05, 3.63) is 12.2 Å². The Morgan fingerprint density at radius 3 is 2.67 bits per heavy atom. The Morgan fingerprint density at radius 1 is 1.38 bits per heavy atom. The SMILES string of the molecule is COC(=O)[C@H]1[C@@H](S(=O)C[C@]23CC[C@H](C[C@H]2O)C3(C)C)[C@H]2C=C[C@@H]1O2. The van der Waals surface area contributed by atoms with Gasteiger partial charge in [0.1, 0.15) is 5.92 Å². The summed E-state index contributed by atoms with van der Waals surface area (Å²) in [5.41, 5.74) is -0.327. The predicted molar refractivity (Wildman–Crippen MR) is 89.7 cm³/mol. The van der Waals surface area contributed by atoms with E-state index in [0.717, 1.165) is 19.3 Å². The van der Waals surface area contributed by atoms with E-state index in [4.69, 9.17) is 9.47 Å². The Labute approximate surface area is 145 Å². The van der Waals surface area contributed by atoms with Crippen LogP contribution in [-0.4, -0.2) is 51.7 Å². The van der Waals surface area contributed by atoms with Crippen LogP contribution in [0.25, 0.3) is 0 Å². The van der Waals surface area contributed by atoms with Gasteiger partial charge in [-0.25, -0.2) is 0 Å². The Bertz CT molecular complexity index is 615. The van der Waals surface area contributed by atoms with Crippen LogP contribution in [0.15, 0.2) is 12.2 Å². The zero-order chi connectivity index (χ0) is 17.3. The van der Waals surface area contributed by atoms with Gasteiger partial charge in [0.15, 0.2) is 0 Å². The molecule has 1 N–H and O–H groups in total. The minimum Gasteiger partial charge on any atom is -0.469 e. The highest BCUT2D eigenvalue weighted by atomic mass is 32.2. The number of ether oxygens (including phenoxy) is 2. The molecule has 2 saturated carbocycles. The third-order valence-corrected chi connectivity index (χ3v) is 9.37. The van der Waals surface area contributed by atoms with Crippen LogP contribution in [0.2, 0.25) is 0 Å². The first-order valence-corrected chi connectivity index (χ1v) is 10.2. The standard InChI is InChI=1S/C18H26O5S/c1-17(2)10-6-7-18(17,13(19)8-10)9-24(21)15-12-5-4-11(23-12)14(15)16(20)22-3/h4-5,10-15,19H,6-9H2,1-3H3/t10-,11+,12-,13-,14-,15+,18-,24?/m1/s1. The smallest absolute Gasteiger partial charge is 0.312 e. The van der Waals surface area contributed by atoms with E-state index in [9.17, 15) is 14.1 Å². The van der Waals surface area contributed by atoms with Gasteiger partial charge in [0.2, 0.25) is 0 Å². The van der Waals surface area contributed by atoms with Gasteiger partial charge >= 0.3 is 5.97 Å². The minimum absolute atomic E-state index is 0.0167. The van der Waals surface area contributed by atoms with E-state index in [2.05, 4.69) is 13.8 Å². The summed E-state index contributed by atoms with van der Waals surface area (Å²) in [5.74, 6) is 0.0902. The van der Waals surface area contributed by atoms with Gasteiger partial charge in [-0.05, 0) is 30.6 Å². The summed E-state index contributed by atoms with van der Waals surface area (Å²) in [7, 11) is 0.109. The van der Waals surface area contributed by atoms with Crippen molar-refractivity contribution in [2.24, 2.45) is 22.7 Å². The Morgan fingerprint density at radius 2 is 2.08 bits per heavy atom. The molecule has 1 unspecified atom stereocenters. The highest BCUT2D eigenvalue weighted by Crippen LogP contribution is 2.66. The molecule has 5 nitrogen and oxygen atoms in total. The number of methoxy groups -OCH3 is 1. The van der Waals surface area contributed by atoms with Crippen molar-refractivity contribution >= 4 is 16.8 Å². The fourth-order valence-corrected chi connectivity index (χ4v) is 8.18. The molecule has 0 spiro atoms. The third kappa shape index (κ3) is 1.99. The molecule has 0 aromatic heterocycles. The van der Waals surface area contributed by atoms with Gasteiger partial charge in [0, 0.05) is 22.0 Å². The second-order valence-corrected chi connectivity index (χ2v) is 9.95. The van der Waals surface area contributed by atoms with Crippen molar-refractivity contribution in [1.82, 2.24) is 0 Å². The molecule has 4 aliphatic rings. The van der Waals surface area contributed by atoms with Crippen molar-refractivity contribution in [1.29, 1.82) is 0 Å². The first kappa shape index (κ1) is 16.7. The van der Waals surface area contributed by atoms with Gasteiger partial charge in [0.05, 0.1) is 30.7 Å². The number of carbonyl (C=O) groups excluding carboxylic acids is 1. The normalized spacial score (nSPS) is 48.8. The van der Waals surface area contributed by atoms with Crippen molar-refractivity contribution in [3.63, 3.8) is 0 Å². The summed E-state index contributed by atoms with van der Waals surface area (Å²) in [6.07, 6.45) is 5.59. The zero-order valence-electron chi connectivity index (χ0n) is 14.4. The van der Waals surface area contributed by atoms with Crippen molar-refractivity contribution in [2.45, 2.75) is 56.7 Å². The average Bonchev–Trinajstić information content (AvgIpc) is 3.25. The lowest BCUT2D eigenvalue weighted by atomic mass is 9.70. The van der Waals surface area contributed by atoms with Crippen LogP contribution in [0.4, 0.5) is 0 Å². The molecule has 2 heterocycles. The molecule has 0 amide bonds. The molecular weight excluding hydrogens is 328 g/mol. The average molecular weight is 354 g/mol. The largest absolute Gasteiger partial charge is 0.469 e. The number of fused-ring (bicyclic) bond motifs is 4. The lowest BCUT2D eigenvalue weighted by molar-refractivity contribution is -0.146. The van der Waals surface area contributed by atoms with Crippen LogP contribution in [0, 0.1) is 22.7 Å². The Hall–Kier alpha value is -0.720. The van der Waals surface area contributed by atoms with E-state index in [1.165, 1.54) is 7.11 Å². The number of hydrogen-bond acceptors (Lipinski definition) is 5. The van der Waals surface area contributed by atoms with Gasteiger partial charge in [-0.3, -0.25) is 9.00 Å². The number of carbonyl (C=O) groups is 1. The number of aliphatic hydroxyl groups is 1. The quantitative estimate of drug-likeness (QED) is 0.611. The third-order valence-electron chi connectivity index (χ3n) is 7.40. The summed E-state index contributed by atoms with van der Waals surface area (Å²) in [4.78, 5) is 12.2. The van der Waals surface area contributed by atoms with E-state index in [-0.39, 0.29) is 34.3 Å². The molecule has 0 aromatic carbocycles. The highest BCUT2D eigenvalue weighted by Gasteiger charge is 2.65. The molecule has 134 valence electrons. The van der Waals surface area contributed by atoms with Crippen LogP contribution in [-0.2, 0) is 25.1 Å². The molecule has 0 radical (unpaired) electrons. The molecule has 3 fully saturated rings. The maximum Gasteiger partial charge on any atom is 0.312 e. The predicted octanol–water partition coefficient (Wildman–Crippen LogP) is 1.42. The molecule has 0 aromatic rings. The van der Waals surface area contributed by atoms with Crippen molar-refractivity contribution in [2.75, 3.05) is 12.9 Å². The number of hydrogen-bond donors (Lipinski definition) is 1. The van der Waals surface area contributed by atoms with E-state index in [1.807, 2.05) is 12.2 Å². The van der Waals surface area contributed by atoms with Gasteiger partial charge in [0.25, 0.3) is 0 Å². The van der Waals surface area contributed by atoms with E-state index < -0.39 is 22.8 Å². The number of aliphatic hydroxyl groups excluding tert-OH is 1. The second-order valence-electron chi connectivity index (χ2n) is 8.35. The monoisotopic (exact) mass is 354 g/mol. The van der Waals surface area contributed by atoms with Gasteiger partial charge in [-0.15, -0.1) is 0 Å². The zero-order valence-corrected chi connectivity index (χ0v) is 15.3. The summed E-state index contributed by atoms with van der Waals surface area (Å²) in [6, 6.07) is 0. The lowest BCUT2D eigenvalue weighted by Crippen LogP contribution is -2.48. The molecule has 4 bridgehead atoms. The Kier molecular flexibility index (Phi) is 3.76.